The van der Waals surface area contributed by atoms with Gasteiger partial charge in [-0.15, -0.1) is 56.7 Å². The number of nitrogens with zero attached hydrogens (tertiary/aromatic N) is 4. The van der Waals surface area contributed by atoms with E-state index < -0.39 is 0 Å². The van der Waals surface area contributed by atoms with Crippen LogP contribution in [0.2, 0.25) is 0 Å². The average molecular weight is 1430 g/mol. The highest BCUT2D eigenvalue weighted by Gasteiger charge is 2.50. The van der Waals surface area contributed by atoms with E-state index in [2.05, 4.69) is 152 Å². The number of thiophene rings is 3. The maximum atomic E-state index is 16.6. The Hall–Kier alpha value is -4.26. The third-order valence-corrected chi connectivity index (χ3v) is 27.9. The zero-order valence-corrected chi connectivity index (χ0v) is 67.5. The lowest BCUT2D eigenvalue weighted by Gasteiger charge is -2.30. The lowest BCUT2D eigenvalue weighted by Crippen LogP contribution is -2.35. The average Bonchev–Trinajstić information content (AvgIpc) is 1.55. The summed E-state index contributed by atoms with van der Waals surface area (Å²) in [4.78, 5) is 55.8. The van der Waals surface area contributed by atoms with Crippen LogP contribution in [0, 0.1) is 11.8 Å². The van der Waals surface area contributed by atoms with Gasteiger partial charge in [0.25, 0.3) is 11.8 Å². The van der Waals surface area contributed by atoms with Crippen LogP contribution in [0.15, 0.2) is 83.9 Å². The number of hydrogen-bond donors (Lipinski definition) is 0. The van der Waals surface area contributed by atoms with Gasteiger partial charge in [-0.25, -0.2) is 9.97 Å². The van der Waals surface area contributed by atoms with Crippen molar-refractivity contribution in [3.63, 3.8) is 0 Å². The molecule has 7 heterocycles. The summed E-state index contributed by atoms with van der Waals surface area (Å²) in [5.74, 6) is 0.649. The van der Waals surface area contributed by atoms with E-state index in [0.29, 0.717) is 36.1 Å². The first kappa shape index (κ1) is 78.9. The molecule has 2 amide bonds. The molecule has 7 aromatic rings. The molecular formula is C88H128N4O2S5. The van der Waals surface area contributed by atoms with Gasteiger partial charge in [-0.1, -0.05) is 313 Å². The van der Waals surface area contributed by atoms with Gasteiger partial charge in [0, 0.05) is 43.7 Å². The normalized spacial score (nSPS) is 14.5. The van der Waals surface area contributed by atoms with Crippen LogP contribution in [-0.4, -0.2) is 44.7 Å². The number of hydrogen-bond acceptors (Lipinski definition) is 9. The summed E-state index contributed by atoms with van der Waals surface area (Å²) < 4.78 is 2.17. The second-order valence-electron chi connectivity index (χ2n) is 31.9. The zero-order chi connectivity index (χ0) is 70.0. The molecule has 9 rings (SSSR count). The summed E-state index contributed by atoms with van der Waals surface area (Å²) in [7, 11) is 0. The number of carbonyl (C=O) groups excluding carboxylic acids is 2. The predicted molar refractivity (Wildman–Crippen MR) is 438 cm³/mol. The summed E-state index contributed by atoms with van der Waals surface area (Å²) in [5, 5.41) is 2.03. The second kappa shape index (κ2) is 40.7. The summed E-state index contributed by atoms with van der Waals surface area (Å²) >= 11 is 9.03. The molecule has 0 fully saturated rings. The molecule has 0 aliphatic carbocycles. The number of benzene rings is 2. The third kappa shape index (κ3) is 23.1. The Balaban J connectivity index is 1.10. The lowest BCUT2D eigenvalue weighted by atomic mass is 9.92. The fourth-order valence-electron chi connectivity index (χ4n) is 15.2. The highest BCUT2D eigenvalue weighted by atomic mass is 32.1. The van der Waals surface area contributed by atoms with Crippen LogP contribution >= 0.6 is 56.7 Å². The van der Waals surface area contributed by atoms with Crippen LogP contribution in [0.5, 0.6) is 0 Å². The highest BCUT2D eigenvalue weighted by Crippen LogP contribution is 2.50. The molecule has 0 saturated heterocycles. The Morgan fingerprint density at radius 3 is 0.949 bits per heavy atom. The van der Waals surface area contributed by atoms with Crippen LogP contribution in [-0.2, 0) is 20.4 Å². The van der Waals surface area contributed by atoms with E-state index in [1.54, 1.807) is 22.7 Å². The smallest absolute Gasteiger partial charge is 0.261 e. The molecule has 0 saturated carbocycles. The molecule has 0 spiro atoms. The van der Waals surface area contributed by atoms with Gasteiger partial charge in [-0.3, -0.25) is 9.59 Å². The Bertz CT molecular complexity index is 3630. The number of rotatable bonds is 49. The molecule has 2 aliphatic heterocycles. The van der Waals surface area contributed by atoms with E-state index in [1.807, 2.05) is 34.0 Å². The molecule has 542 valence electrons. The second-order valence-corrected chi connectivity index (χ2v) is 37.2. The van der Waals surface area contributed by atoms with Crippen molar-refractivity contribution < 1.29 is 9.59 Å². The Kier molecular flexibility index (Phi) is 32.4. The van der Waals surface area contributed by atoms with E-state index in [0.717, 1.165) is 78.7 Å². The Morgan fingerprint density at radius 1 is 0.333 bits per heavy atom. The summed E-state index contributed by atoms with van der Waals surface area (Å²) in [6.07, 6.45) is 51.1. The van der Waals surface area contributed by atoms with E-state index in [1.165, 1.54) is 260 Å². The molecule has 11 heteroatoms. The summed E-state index contributed by atoms with van der Waals surface area (Å²) in [6.45, 7) is 24.2. The maximum absolute atomic E-state index is 16.6. The minimum Gasteiger partial charge on any atom is -0.307 e. The number of fused-ring (bicyclic) bond motifs is 3. The predicted octanol–water partition coefficient (Wildman–Crippen LogP) is 29.4. The minimum absolute atomic E-state index is 0.00181. The summed E-state index contributed by atoms with van der Waals surface area (Å²) in [5.41, 5.74) is 6.83. The van der Waals surface area contributed by atoms with Crippen LogP contribution < -0.4 is 0 Å². The van der Waals surface area contributed by atoms with Crippen molar-refractivity contribution in [3.05, 3.63) is 105 Å². The quantitative estimate of drug-likeness (QED) is 0.0357. The maximum Gasteiger partial charge on any atom is 0.261 e. The highest BCUT2D eigenvalue weighted by molar-refractivity contribution is 7.28. The van der Waals surface area contributed by atoms with Crippen molar-refractivity contribution in [1.29, 1.82) is 0 Å². The lowest BCUT2D eigenvalue weighted by molar-refractivity contribution is -0.124. The number of carbonyl (C=O) groups is 2. The molecule has 0 bridgehead atoms. The van der Waals surface area contributed by atoms with Crippen LogP contribution in [0.25, 0.3) is 61.4 Å². The van der Waals surface area contributed by atoms with Gasteiger partial charge in [-0.2, -0.15) is 0 Å². The fourth-order valence-corrected chi connectivity index (χ4v) is 20.5. The van der Waals surface area contributed by atoms with Crippen molar-refractivity contribution >= 4 is 100 Å². The monoisotopic (exact) mass is 1430 g/mol. The van der Waals surface area contributed by atoms with Gasteiger partial charge in [-0.05, 0) is 109 Å². The summed E-state index contributed by atoms with van der Waals surface area (Å²) in [6, 6.07) is 26.9. The Labute approximate surface area is 621 Å². The number of thiazole rings is 2. The SMILES string of the molecule is CCCCCCCCCCCCC(CCCCCCCCCC)CN1C(=O)C2=C(c3ccc4nc(-c5ccc(C(C)(C)C)s5)sc4c3)N(CC(CCCCCCCCCC)CCCCCCCCCCCC)C(=O)C2=C1c1ccc2nc(-c3ccc(-c4ccc(C(C)(C)C)s4)s3)sc2c1. The van der Waals surface area contributed by atoms with Crippen molar-refractivity contribution in [2.45, 2.75) is 337 Å². The van der Waals surface area contributed by atoms with Gasteiger partial charge in [0.15, 0.2) is 0 Å². The fraction of sp³-hybridized carbons (Fsp3) is 0.636. The zero-order valence-electron chi connectivity index (χ0n) is 63.4. The standard InChI is InChI=1S/C88H128N4O2S5/c1-11-15-19-23-27-31-33-37-41-45-49-65(47-43-39-35-29-25-21-17-13-3)63-91-81(67-51-53-69-75(61-67)98-83(89-69)73-56-55-71(95-73)72-57-59-77(96-72)87(5,6)7)79-80(86(91)94)82(68-52-54-70-76(62-68)99-84(90-70)74-58-60-78(97-74)88(8,9)10)92(85(79)93)64-66(48-44-40-36-30-26-22-18-14-4)50-46-42-38-34-32-28-24-20-16-12-2/h51-62,65-66H,11-50,63-64H2,1-10H3. The Morgan fingerprint density at radius 2 is 0.616 bits per heavy atom. The van der Waals surface area contributed by atoms with Gasteiger partial charge in [0.2, 0.25) is 0 Å². The number of amides is 2. The van der Waals surface area contributed by atoms with E-state index >= 15 is 9.59 Å². The van der Waals surface area contributed by atoms with E-state index in [4.69, 9.17) is 9.97 Å². The van der Waals surface area contributed by atoms with Crippen molar-refractivity contribution in [1.82, 2.24) is 19.8 Å². The molecule has 2 aromatic carbocycles. The van der Waals surface area contributed by atoms with E-state index in [9.17, 15) is 0 Å². The van der Waals surface area contributed by atoms with Crippen molar-refractivity contribution in [2.24, 2.45) is 11.8 Å². The molecular weight excluding hydrogens is 1310 g/mol. The first-order chi connectivity index (χ1) is 48.1. The molecule has 2 aliphatic rings. The first-order valence-corrected chi connectivity index (χ1v) is 44.4. The molecule has 0 radical (unpaired) electrons. The largest absolute Gasteiger partial charge is 0.307 e. The van der Waals surface area contributed by atoms with Gasteiger partial charge >= 0.3 is 0 Å². The molecule has 0 N–H and O–H groups in total. The topological polar surface area (TPSA) is 66.4 Å². The van der Waals surface area contributed by atoms with Crippen molar-refractivity contribution in [3.8, 4) is 29.5 Å². The van der Waals surface area contributed by atoms with Gasteiger partial charge < -0.3 is 9.80 Å². The number of unbranched alkanes of at least 4 members (excludes halogenated alkanes) is 32. The molecule has 2 atom stereocenters. The van der Waals surface area contributed by atoms with Crippen LogP contribution in [0.1, 0.15) is 347 Å². The van der Waals surface area contributed by atoms with E-state index in [-0.39, 0.29) is 22.6 Å². The van der Waals surface area contributed by atoms with Gasteiger partial charge in [0.05, 0.1) is 52.7 Å². The first-order valence-electron chi connectivity index (χ1n) is 40.4. The van der Waals surface area contributed by atoms with Crippen molar-refractivity contribution in [2.75, 3.05) is 13.1 Å². The van der Waals surface area contributed by atoms with Gasteiger partial charge in [0.1, 0.15) is 10.0 Å². The van der Waals surface area contributed by atoms with Crippen LogP contribution in [0.3, 0.4) is 0 Å². The molecule has 2 unspecified atom stereocenters. The number of aromatic nitrogens is 2. The minimum atomic E-state index is 0.00181. The molecule has 5 aromatic heterocycles. The van der Waals surface area contributed by atoms with Crippen LogP contribution in [0.4, 0.5) is 0 Å². The molecule has 6 nitrogen and oxygen atoms in total. The molecule has 99 heavy (non-hydrogen) atoms. The third-order valence-electron chi connectivity index (χ3n) is 21.2.